The number of amides is 1. The van der Waals surface area contributed by atoms with Crippen LogP contribution < -0.4 is 5.32 Å². The highest BCUT2D eigenvalue weighted by atomic mass is 16.1. The fourth-order valence-corrected chi connectivity index (χ4v) is 3.80. The SMILES string of the molecule is CC(C)n1nccc1-c1cc(C(=O)NC(C)(C)C)cc(-c2ccc(C3CC3)cc2)c1. The maximum absolute atomic E-state index is 13.0. The van der Waals surface area contributed by atoms with Gasteiger partial charge >= 0.3 is 0 Å². The third-order valence-electron chi connectivity index (χ3n) is 5.43. The van der Waals surface area contributed by atoms with Crippen LogP contribution in [0.4, 0.5) is 0 Å². The summed E-state index contributed by atoms with van der Waals surface area (Å²) in [7, 11) is 0. The lowest BCUT2D eigenvalue weighted by atomic mass is 9.96. The van der Waals surface area contributed by atoms with Crippen molar-refractivity contribution in [2.24, 2.45) is 0 Å². The van der Waals surface area contributed by atoms with Gasteiger partial charge in [0.2, 0.25) is 0 Å². The van der Waals surface area contributed by atoms with Gasteiger partial charge in [0.25, 0.3) is 5.91 Å². The molecular formula is C26H31N3O. The van der Waals surface area contributed by atoms with E-state index in [1.165, 1.54) is 18.4 Å². The maximum atomic E-state index is 13.0. The van der Waals surface area contributed by atoms with Gasteiger partial charge in [-0.3, -0.25) is 9.48 Å². The molecule has 4 rings (SSSR count). The monoisotopic (exact) mass is 401 g/mol. The molecule has 0 saturated heterocycles. The molecule has 1 aromatic heterocycles. The Morgan fingerprint density at radius 2 is 1.67 bits per heavy atom. The molecule has 1 heterocycles. The van der Waals surface area contributed by atoms with Crippen molar-refractivity contribution in [3.8, 4) is 22.4 Å². The van der Waals surface area contributed by atoms with Crippen LogP contribution in [0.2, 0.25) is 0 Å². The minimum atomic E-state index is -0.293. The number of aromatic nitrogens is 2. The lowest BCUT2D eigenvalue weighted by Gasteiger charge is -2.21. The van der Waals surface area contributed by atoms with E-state index in [4.69, 9.17) is 0 Å². The fourth-order valence-electron chi connectivity index (χ4n) is 3.80. The van der Waals surface area contributed by atoms with Crippen molar-refractivity contribution in [1.82, 2.24) is 15.1 Å². The van der Waals surface area contributed by atoms with Crippen LogP contribution in [0.15, 0.2) is 54.7 Å². The number of hydrogen-bond acceptors (Lipinski definition) is 2. The number of nitrogens with one attached hydrogen (secondary N) is 1. The highest BCUT2D eigenvalue weighted by Crippen LogP contribution is 2.40. The van der Waals surface area contributed by atoms with E-state index in [1.54, 1.807) is 0 Å². The summed E-state index contributed by atoms with van der Waals surface area (Å²) in [5.74, 6) is 0.676. The lowest BCUT2D eigenvalue weighted by molar-refractivity contribution is 0.0919. The molecule has 0 bridgehead atoms. The number of nitrogens with zero attached hydrogens (tertiary/aromatic N) is 2. The highest BCUT2D eigenvalue weighted by Gasteiger charge is 2.23. The molecule has 0 spiro atoms. The van der Waals surface area contributed by atoms with E-state index in [-0.39, 0.29) is 17.5 Å². The van der Waals surface area contributed by atoms with Crippen LogP contribution in [-0.4, -0.2) is 21.2 Å². The molecule has 2 aromatic carbocycles. The molecule has 1 amide bonds. The second kappa shape index (κ2) is 7.75. The number of benzene rings is 2. The van der Waals surface area contributed by atoms with Gasteiger partial charge in [-0.1, -0.05) is 24.3 Å². The molecule has 1 saturated carbocycles. The molecule has 30 heavy (non-hydrogen) atoms. The lowest BCUT2D eigenvalue weighted by Crippen LogP contribution is -2.40. The minimum Gasteiger partial charge on any atom is -0.347 e. The molecule has 0 atom stereocenters. The third kappa shape index (κ3) is 4.48. The summed E-state index contributed by atoms with van der Waals surface area (Å²) in [6.07, 6.45) is 4.41. The summed E-state index contributed by atoms with van der Waals surface area (Å²) < 4.78 is 2.00. The van der Waals surface area contributed by atoms with Crippen molar-refractivity contribution in [2.45, 2.75) is 65.0 Å². The summed E-state index contributed by atoms with van der Waals surface area (Å²) in [5, 5.41) is 7.58. The molecule has 4 heteroatoms. The Labute approximate surface area is 179 Å². The van der Waals surface area contributed by atoms with E-state index in [0.717, 1.165) is 28.3 Å². The zero-order valence-electron chi connectivity index (χ0n) is 18.6. The molecule has 0 unspecified atom stereocenters. The molecule has 1 aliphatic rings. The molecule has 3 aromatic rings. The van der Waals surface area contributed by atoms with Gasteiger partial charge in [0.1, 0.15) is 0 Å². The molecular weight excluding hydrogens is 370 g/mol. The second-order valence-electron chi connectivity index (χ2n) is 9.65. The Bertz CT molecular complexity index is 1050. The Balaban J connectivity index is 1.79. The van der Waals surface area contributed by atoms with Gasteiger partial charge in [-0.15, -0.1) is 0 Å². The topological polar surface area (TPSA) is 46.9 Å². The van der Waals surface area contributed by atoms with Crippen LogP contribution >= 0.6 is 0 Å². The summed E-state index contributed by atoms with van der Waals surface area (Å²) in [6.45, 7) is 10.2. The van der Waals surface area contributed by atoms with Crippen molar-refractivity contribution in [3.63, 3.8) is 0 Å². The molecule has 1 fully saturated rings. The van der Waals surface area contributed by atoms with Gasteiger partial charge in [0, 0.05) is 28.9 Å². The van der Waals surface area contributed by atoms with E-state index in [2.05, 4.69) is 54.6 Å². The zero-order valence-corrected chi connectivity index (χ0v) is 18.6. The van der Waals surface area contributed by atoms with E-state index in [1.807, 2.05) is 49.8 Å². The molecule has 1 aliphatic carbocycles. The fraction of sp³-hybridized carbons (Fsp3) is 0.385. The quantitative estimate of drug-likeness (QED) is 0.553. The van der Waals surface area contributed by atoms with Crippen molar-refractivity contribution < 1.29 is 4.79 Å². The van der Waals surface area contributed by atoms with Gasteiger partial charge in [-0.25, -0.2) is 0 Å². The Morgan fingerprint density at radius 3 is 2.27 bits per heavy atom. The van der Waals surface area contributed by atoms with Gasteiger partial charge in [-0.05, 0) is 94.3 Å². The van der Waals surface area contributed by atoms with Gasteiger partial charge in [0.05, 0.1) is 5.69 Å². The van der Waals surface area contributed by atoms with Crippen LogP contribution in [-0.2, 0) is 0 Å². The largest absolute Gasteiger partial charge is 0.347 e. The standard InChI is InChI=1S/C26H31N3O/c1-17(2)29-24(12-13-27-29)22-14-21(15-23(16-22)25(30)28-26(3,4)5)20-10-8-19(9-11-20)18-6-7-18/h8-18H,6-7H2,1-5H3,(H,28,30). The van der Waals surface area contributed by atoms with Crippen LogP contribution in [0.5, 0.6) is 0 Å². The number of carbonyl (C=O) groups is 1. The first-order valence-corrected chi connectivity index (χ1v) is 10.8. The molecule has 0 radical (unpaired) electrons. The van der Waals surface area contributed by atoms with Gasteiger partial charge < -0.3 is 5.32 Å². The van der Waals surface area contributed by atoms with Gasteiger partial charge in [-0.2, -0.15) is 5.10 Å². The smallest absolute Gasteiger partial charge is 0.251 e. The predicted octanol–water partition coefficient (Wildman–Crippen LogP) is 6.20. The van der Waals surface area contributed by atoms with E-state index in [9.17, 15) is 4.79 Å². The van der Waals surface area contributed by atoms with Crippen molar-refractivity contribution >= 4 is 5.91 Å². The maximum Gasteiger partial charge on any atom is 0.251 e. The van der Waals surface area contributed by atoms with Crippen molar-refractivity contribution in [3.05, 3.63) is 65.9 Å². The molecule has 156 valence electrons. The van der Waals surface area contributed by atoms with Crippen molar-refractivity contribution in [1.29, 1.82) is 0 Å². The average molecular weight is 402 g/mol. The first-order valence-electron chi connectivity index (χ1n) is 10.8. The molecule has 1 N–H and O–H groups in total. The summed E-state index contributed by atoms with van der Waals surface area (Å²) in [5.41, 5.74) is 5.99. The zero-order chi connectivity index (χ0) is 21.5. The number of rotatable bonds is 5. The van der Waals surface area contributed by atoms with E-state index < -0.39 is 0 Å². The Kier molecular flexibility index (Phi) is 5.27. The second-order valence-corrected chi connectivity index (χ2v) is 9.65. The van der Waals surface area contributed by atoms with Crippen LogP contribution in [0, 0.1) is 0 Å². The molecule has 4 nitrogen and oxygen atoms in total. The average Bonchev–Trinajstić information content (AvgIpc) is 3.42. The highest BCUT2D eigenvalue weighted by molar-refractivity contribution is 5.97. The van der Waals surface area contributed by atoms with Crippen LogP contribution in [0.3, 0.4) is 0 Å². The number of hydrogen-bond donors (Lipinski definition) is 1. The normalized spacial score (nSPS) is 14.2. The van der Waals surface area contributed by atoms with E-state index >= 15 is 0 Å². The van der Waals surface area contributed by atoms with Crippen LogP contribution in [0.1, 0.15) is 75.3 Å². The van der Waals surface area contributed by atoms with Gasteiger partial charge in [0.15, 0.2) is 0 Å². The first-order chi connectivity index (χ1) is 14.2. The Morgan fingerprint density at radius 1 is 1.00 bits per heavy atom. The first kappa shape index (κ1) is 20.4. The number of carbonyl (C=O) groups excluding carboxylic acids is 1. The van der Waals surface area contributed by atoms with Crippen molar-refractivity contribution in [2.75, 3.05) is 0 Å². The summed E-state index contributed by atoms with van der Waals surface area (Å²) >= 11 is 0. The van der Waals surface area contributed by atoms with Crippen LogP contribution in [0.25, 0.3) is 22.4 Å². The molecule has 0 aliphatic heterocycles. The Hall–Kier alpha value is -2.88. The summed E-state index contributed by atoms with van der Waals surface area (Å²) in [6, 6.07) is 17.2. The third-order valence-corrected chi connectivity index (χ3v) is 5.43. The summed E-state index contributed by atoms with van der Waals surface area (Å²) in [4.78, 5) is 13.0. The van der Waals surface area contributed by atoms with E-state index in [0.29, 0.717) is 5.56 Å². The minimum absolute atomic E-state index is 0.0594. The predicted molar refractivity (Wildman–Crippen MR) is 123 cm³/mol.